The first-order valence-corrected chi connectivity index (χ1v) is 23.1. The summed E-state index contributed by atoms with van der Waals surface area (Å²) in [7, 11) is 0. The van der Waals surface area contributed by atoms with Gasteiger partial charge in [0, 0.05) is 57.3 Å². The highest BCUT2D eigenvalue weighted by Crippen LogP contribution is 2.45. The number of nitrogens with zero attached hydrogens (tertiary/aromatic N) is 1. The molecule has 1 aliphatic rings. The van der Waals surface area contributed by atoms with Crippen molar-refractivity contribution in [1.29, 1.82) is 0 Å². The Morgan fingerprint density at radius 3 is 1.84 bits per heavy atom. The lowest BCUT2D eigenvalue weighted by molar-refractivity contribution is 0.785. The van der Waals surface area contributed by atoms with Gasteiger partial charge in [-0.25, -0.2) is 0 Å². The molecule has 0 amide bonds. The Morgan fingerprint density at radius 2 is 1.02 bits per heavy atom. The van der Waals surface area contributed by atoms with Gasteiger partial charge in [0.15, 0.2) is 0 Å². The Labute approximate surface area is 369 Å². The first kappa shape index (κ1) is 36.8. The van der Waals surface area contributed by atoms with Crippen molar-refractivity contribution < 1.29 is 0 Å². The predicted molar refractivity (Wildman–Crippen MR) is 270 cm³/mol. The van der Waals surface area contributed by atoms with E-state index in [2.05, 4.69) is 224 Å². The fourth-order valence-electron chi connectivity index (χ4n) is 9.77. The van der Waals surface area contributed by atoms with E-state index in [1.807, 2.05) is 22.7 Å². The van der Waals surface area contributed by atoms with Crippen LogP contribution in [0.3, 0.4) is 0 Å². The number of fused-ring (bicyclic) bond motifs is 7. The second-order valence-electron chi connectivity index (χ2n) is 16.5. The number of hydrogen-bond donors (Lipinski definition) is 0. The maximum atomic E-state index is 2.44. The summed E-state index contributed by atoms with van der Waals surface area (Å²) in [5.74, 6) is 0.480. The molecule has 1 atom stereocenters. The van der Waals surface area contributed by atoms with Crippen LogP contribution in [-0.2, 0) is 0 Å². The van der Waals surface area contributed by atoms with E-state index in [1.165, 1.54) is 95.3 Å². The fraction of sp³-hybridized carbons (Fsp3) is 0.0508. The highest BCUT2D eigenvalue weighted by molar-refractivity contribution is 7.26. The summed E-state index contributed by atoms with van der Waals surface area (Å²) in [6, 6.07) is 76.4. The highest BCUT2D eigenvalue weighted by atomic mass is 32.1. The highest BCUT2D eigenvalue weighted by Gasteiger charge is 2.20. The van der Waals surface area contributed by atoms with Crippen molar-refractivity contribution in [1.82, 2.24) is 0 Å². The zero-order valence-corrected chi connectivity index (χ0v) is 35.9. The van der Waals surface area contributed by atoms with E-state index in [1.54, 1.807) is 0 Å². The van der Waals surface area contributed by atoms with E-state index in [9.17, 15) is 0 Å². The fourth-order valence-corrected chi connectivity index (χ4v) is 12.1. The topological polar surface area (TPSA) is 3.24 Å². The van der Waals surface area contributed by atoms with Crippen molar-refractivity contribution in [3.8, 4) is 33.4 Å². The molecular weight excluding hydrogens is 787 g/mol. The summed E-state index contributed by atoms with van der Waals surface area (Å²) in [5, 5.41) is 7.96. The van der Waals surface area contributed by atoms with Crippen LogP contribution in [0.25, 0.3) is 85.4 Å². The molecule has 2 aromatic heterocycles. The summed E-state index contributed by atoms with van der Waals surface area (Å²) in [5.41, 5.74) is 13.4. The third-order valence-electron chi connectivity index (χ3n) is 12.6. The number of benzene rings is 9. The standard InChI is InChI=1S/C59H41NS2/c1-38-35-41-13-2-3-16-46(41)53(36-38)43-15-10-14-42(37-43)47-17-4-7-23-54(47)60(44-31-27-39(28-32-44)48-20-12-26-57-58(48)52-19-6-9-25-56(52)61-57)45-33-29-40(30-34-45)49-21-11-22-51-50-18-5-8-24-55(50)62-59(49)51/h2-35,37-38H,36H2,1H3. The third kappa shape index (κ3) is 6.27. The average molecular weight is 828 g/mol. The van der Waals surface area contributed by atoms with Gasteiger partial charge in [-0.1, -0.05) is 165 Å². The molecule has 0 bridgehead atoms. The summed E-state index contributed by atoms with van der Waals surface area (Å²) < 4.78 is 5.30. The Morgan fingerprint density at radius 1 is 0.435 bits per heavy atom. The molecule has 11 aromatic rings. The van der Waals surface area contributed by atoms with E-state index < -0.39 is 0 Å². The number of rotatable bonds is 7. The maximum absolute atomic E-state index is 2.44. The minimum atomic E-state index is 0.480. The summed E-state index contributed by atoms with van der Waals surface area (Å²) >= 11 is 3.75. The SMILES string of the molecule is CC1C=c2ccccc2=C(c2cccc(-c3ccccc3N(c3ccc(-c4cccc5c4sc4ccccc45)cc3)c3ccc(-c4cccc5sc6ccccc6c45)cc3)c2)C1. The van der Waals surface area contributed by atoms with E-state index in [0.29, 0.717) is 5.92 Å². The Hall–Kier alpha value is -7.04. The van der Waals surface area contributed by atoms with Gasteiger partial charge < -0.3 is 4.90 Å². The zero-order valence-electron chi connectivity index (χ0n) is 34.3. The van der Waals surface area contributed by atoms with Crippen LogP contribution in [0.1, 0.15) is 18.9 Å². The number of hydrogen-bond acceptors (Lipinski definition) is 3. The summed E-state index contributed by atoms with van der Waals surface area (Å²) in [6.07, 6.45) is 3.44. The quantitative estimate of drug-likeness (QED) is 0.155. The van der Waals surface area contributed by atoms with Gasteiger partial charge in [-0.15, -0.1) is 22.7 Å². The summed E-state index contributed by atoms with van der Waals surface area (Å²) in [4.78, 5) is 2.44. The minimum absolute atomic E-state index is 0.480. The number of para-hydroxylation sites is 1. The monoisotopic (exact) mass is 827 g/mol. The van der Waals surface area contributed by atoms with E-state index in [4.69, 9.17) is 0 Å². The molecular formula is C59H41NS2. The average Bonchev–Trinajstić information content (AvgIpc) is 3.91. The van der Waals surface area contributed by atoms with Crippen molar-refractivity contribution in [2.24, 2.45) is 5.92 Å². The molecule has 1 unspecified atom stereocenters. The van der Waals surface area contributed by atoms with Crippen molar-refractivity contribution >= 4 is 91.7 Å². The number of anilines is 3. The van der Waals surface area contributed by atoms with Crippen LogP contribution in [0.15, 0.2) is 206 Å². The van der Waals surface area contributed by atoms with Crippen molar-refractivity contribution in [3.63, 3.8) is 0 Å². The Balaban J connectivity index is 1.00. The Bertz CT molecular complexity index is 3630. The lowest BCUT2D eigenvalue weighted by Gasteiger charge is -2.28. The normalized spacial score (nSPS) is 13.8. The molecule has 1 aliphatic carbocycles. The third-order valence-corrected chi connectivity index (χ3v) is 15.0. The molecule has 0 radical (unpaired) electrons. The summed E-state index contributed by atoms with van der Waals surface area (Å²) in [6.45, 7) is 2.33. The maximum Gasteiger partial charge on any atom is 0.0540 e. The van der Waals surface area contributed by atoms with E-state index in [-0.39, 0.29) is 0 Å². The molecule has 1 nitrogen and oxygen atoms in total. The van der Waals surface area contributed by atoms with Gasteiger partial charge >= 0.3 is 0 Å². The minimum Gasteiger partial charge on any atom is -0.310 e. The second kappa shape index (κ2) is 15.1. The first-order valence-electron chi connectivity index (χ1n) is 21.5. The van der Waals surface area contributed by atoms with Crippen molar-refractivity contribution in [2.45, 2.75) is 13.3 Å². The van der Waals surface area contributed by atoms with Gasteiger partial charge in [0.25, 0.3) is 0 Å². The van der Waals surface area contributed by atoms with Crippen molar-refractivity contribution in [3.05, 3.63) is 222 Å². The molecule has 62 heavy (non-hydrogen) atoms. The molecule has 0 saturated carbocycles. The molecule has 2 heterocycles. The molecule has 0 saturated heterocycles. The van der Waals surface area contributed by atoms with Gasteiger partial charge in [0.1, 0.15) is 0 Å². The van der Waals surface area contributed by atoms with E-state index >= 15 is 0 Å². The second-order valence-corrected chi connectivity index (χ2v) is 18.6. The molecule has 12 rings (SSSR count). The Kier molecular flexibility index (Phi) is 8.99. The van der Waals surface area contributed by atoms with Crippen LogP contribution in [0.2, 0.25) is 0 Å². The van der Waals surface area contributed by atoms with Crippen LogP contribution < -0.4 is 15.3 Å². The molecule has 0 aliphatic heterocycles. The molecule has 9 aromatic carbocycles. The van der Waals surface area contributed by atoms with E-state index in [0.717, 1.165) is 23.5 Å². The largest absolute Gasteiger partial charge is 0.310 e. The van der Waals surface area contributed by atoms with Crippen LogP contribution in [-0.4, -0.2) is 0 Å². The van der Waals surface area contributed by atoms with Gasteiger partial charge in [-0.05, 0) is 116 Å². The number of thiophene rings is 2. The lowest BCUT2D eigenvalue weighted by Crippen LogP contribution is -2.31. The molecule has 294 valence electrons. The first-order chi connectivity index (χ1) is 30.6. The molecule has 3 heteroatoms. The molecule has 0 fully saturated rings. The van der Waals surface area contributed by atoms with Gasteiger partial charge in [0.05, 0.1) is 5.69 Å². The van der Waals surface area contributed by atoms with Crippen LogP contribution in [0.5, 0.6) is 0 Å². The smallest absolute Gasteiger partial charge is 0.0540 e. The zero-order chi connectivity index (χ0) is 41.1. The molecule has 0 spiro atoms. The predicted octanol–water partition coefficient (Wildman–Crippen LogP) is 15.9. The van der Waals surface area contributed by atoms with Crippen LogP contribution in [0.4, 0.5) is 17.1 Å². The van der Waals surface area contributed by atoms with Crippen LogP contribution in [0, 0.1) is 5.92 Å². The van der Waals surface area contributed by atoms with Crippen LogP contribution >= 0.6 is 22.7 Å². The van der Waals surface area contributed by atoms with Gasteiger partial charge in [0.2, 0.25) is 0 Å². The lowest BCUT2D eigenvalue weighted by atomic mass is 9.87. The van der Waals surface area contributed by atoms with Gasteiger partial charge in [-0.2, -0.15) is 0 Å². The van der Waals surface area contributed by atoms with Crippen molar-refractivity contribution in [2.75, 3.05) is 4.90 Å². The molecule has 0 N–H and O–H groups in total. The van der Waals surface area contributed by atoms with Gasteiger partial charge in [-0.3, -0.25) is 0 Å².